The molecule has 1 atom stereocenters. The number of aryl methyl sites for hydroxylation is 1. The fourth-order valence-electron chi connectivity index (χ4n) is 3.60. The first-order chi connectivity index (χ1) is 12.2. The van der Waals surface area contributed by atoms with Crippen LogP contribution in [0.2, 0.25) is 0 Å². The molecule has 0 spiro atoms. The molecule has 1 saturated heterocycles. The second kappa shape index (κ2) is 6.71. The number of benzene rings is 2. The van der Waals surface area contributed by atoms with E-state index in [1.807, 2.05) is 25.1 Å². The Kier molecular flexibility index (Phi) is 4.26. The van der Waals surface area contributed by atoms with Crippen molar-refractivity contribution in [3.63, 3.8) is 0 Å². The summed E-state index contributed by atoms with van der Waals surface area (Å²) in [6.45, 7) is 3.49. The highest BCUT2D eigenvalue weighted by atomic mass is 19.1. The highest BCUT2D eigenvalue weighted by Gasteiger charge is 2.27. The molecule has 0 bridgehead atoms. The predicted molar refractivity (Wildman–Crippen MR) is 98.7 cm³/mol. The van der Waals surface area contributed by atoms with Crippen LogP contribution in [-0.2, 0) is 0 Å². The molecule has 1 unspecified atom stereocenters. The second-order valence-corrected chi connectivity index (χ2v) is 6.53. The van der Waals surface area contributed by atoms with E-state index in [1.54, 1.807) is 18.2 Å². The number of ether oxygens (including phenoxy) is 1. The quantitative estimate of drug-likeness (QED) is 0.689. The van der Waals surface area contributed by atoms with Crippen molar-refractivity contribution < 1.29 is 9.13 Å². The Hall–Kier alpha value is -2.62. The van der Waals surface area contributed by atoms with Gasteiger partial charge in [-0.05, 0) is 44.0 Å². The SMILES string of the molecule is Cc1cc(N2CCCC2COc2ccccc2F)c2ccccc2n1. The Labute approximate surface area is 147 Å². The van der Waals surface area contributed by atoms with Gasteiger partial charge in [-0.2, -0.15) is 0 Å². The zero-order valence-electron chi connectivity index (χ0n) is 14.3. The highest BCUT2D eigenvalue weighted by molar-refractivity contribution is 5.92. The normalized spacial score (nSPS) is 17.2. The molecule has 0 amide bonds. The molecular formula is C21H21FN2O. The lowest BCUT2D eigenvalue weighted by molar-refractivity contribution is 0.276. The van der Waals surface area contributed by atoms with E-state index in [0.29, 0.717) is 12.4 Å². The van der Waals surface area contributed by atoms with Crippen LogP contribution in [0.15, 0.2) is 54.6 Å². The number of pyridine rings is 1. The van der Waals surface area contributed by atoms with E-state index < -0.39 is 0 Å². The zero-order valence-corrected chi connectivity index (χ0v) is 14.3. The number of fused-ring (bicyclic) bond motifs is 1. The summed E-state index contributed by atoms with van der Waals surface area (Å²) in [5.41, 5.74) is 3.22. The third kappa shape index (κ3) is 3.16. The molecule has 1 aromatic heterocycles. The van der Waals surface area contributed by atoms with Crippen molar-refractivity contribution in [2.75, 3.05) is 18.1 Å². The maximum atomic E-state index is 13.8. The van der Waals surface area contributed by atoms with Gasteiger partial charge < -0.3 is 9.64 Å². The maximum Gasteiger partial charge on any atom is 0.165 e. The average molecular weight is 336 g/mol. The molecule has 3 aromatic rings. The summed E-state index contributed by atoms with van der Waals surface area (Å²) in [6.07, 6.45) is 2.16. The van der Waals surface area contributed by atoms with E-state index in [-0.39, 0.29) is 11.9 Å². The van der Waals surface area contributed by atoms with Crippen LogP contribution in [0.25, 0.3) is 10.9 Å². The molecule has 1 aliphatic rings. The monoisotopic (exact) mass is 336 g/mol. The predicted octanol–water partition coefficient (Wildman–Crippen LogP) is 4.73. The fraction of sp³-hybridized carbons (Fsp3) is 0.286. The third-order valence-electron chi connectivity index (χ3n) is 4.78. The van der Waals surface area contributed by atoms with E-state index in [2.05, 4.69) is 22.0 Å². The molecule has 1 aliphatic heterocycles. The molecule has 4 rings (SSSR count). The lowest BCUT2D eigenvalue weighted by Gasteiger charge is -2.28. The molecule has 1 fully saturated rings. The van der Waals surface area contributed by atoms with E-state index in [4.69, 9.17) is 4.74 Å². The van der Waals surface area contributed by atoms with Gasteiger partial charge in [0, 0.05) is 23.3 Å². The first-order valence-electron chi connectivity index (χ1n) is 8.73. The van der Waals surface area contributed by atoms with Gasteiger partial charge in [0.15, 0.2) is 11.6 Å². The van der Waals surface area contributed by atoms with Gasteiger partial charge in [0.1, 0.15) is 6.61 Å². The number of rotatable bonds is 4. The van der Waals surface area contributed by atoms with Crippen molar-refractivity contribution in [2.24, 2.45) is 0 Å². The van der Waals surface area contributed by atoms with Crippen LogP contribution >= 0.6 is 0 Å². The summed E-state index contributed by atoms with van der Waals surface area (Å²) >= 11 is 0. The summed E-state index contributed by atoms with van der Waals surface area (Å²) in [6, 6.07) is 17.2. The number of anilines is 1. The van der Waals surface area contributed by atoms with Crippen molar-refractivity contribution in [1.29, 1.82) is 0 Å². The molecule has 3 nitrogen and oxygen atoms in total. The van der Waals surface area contributed by atoms with Crippen LogP contribution in [0.5, 0.6) is 5.75 Å². The summed E-state index contributed by atoms with van der Waals surface area (Å²) in [4.78, 5) is 7.02. The van der Waals surface area contributed by atoms with E-state index in [0.717, 1.165) is 36.0 Å². The molecule has 0 saturated carbocycles. The second-order valence-electron chi connectivity index (χ2n) is 6.53. The zero-order chi connectivity index (χ0) is 17.2. The van der Waals surface area contributed by atoms with Gasteiger partial charge in [-0.25, -0.2) is 4.39 Å². The maximum absolute atomic E-state index is 13.8. The van der Waals surface area contributed by atoms with Crippen molar-refractivity contribution >= 4 is 16.6 Å². The summed E-state index contributed by atoms with van der Waals surface area (Å²) in [7, 11) is 0. The number of halogens is 1. The number of aromatic nitrogens is 1. The van der Waals surface area contributed by atoms with Crippen molar-refractivity contribution in [1.82, 2.24) is 4.98 Å². The molecular weight excluding hydrogens is 315 g/mol. The van der Waals surface area contributed by atoms with Crippen molar-refractivity contribution in [2.45, 2.75) is 25.8 Å². The van der Waals surface area contributed by atoms with Crippen molar-refractivity contribution in [3.05, 3.63) is 66.1 Å². The Balaban J connectivity index is 1.61. The Morgan fingerprint density at radius 3 is 2.84 bits per heavy atom. The molecule has 25 heavy (non-hydrogen) atoms. The minimum Gasteiger partial charge on any atom is -0.488 e. The summed E-state index contributed by atoms with van der Waals surface area (Å²) in [5, 5.41) is 1.16. The summed E-state index contributed by atoms with van der Waals surface area (Å²) in [5.74, 6) is 0.0161. The largest absolute Gasteiger partial charge is 0.488 e. The molecule has 0 aliphatic carbocycles. The molecule has 2 heterocycles. The van der Waals surface area contributed by atoms with Gasteiger partial charge in [-0.3, -0.25) is 4.98 Å². The van der Waals surface area contributed by atoms with Gasteiger partial charge >= 0.3 is 0 Å². The first kappa shape index (κ1) is 15.9. The molecule has 128 valence electrons. The summed E-state index contributed by atoms with van der Waals surface area (Å²) < 4.78 is 19.6. The minimum atomic E-state index is -0.308. The molecule has 0 N–H and O–H groups in total. The lowest BCUT2D eigenvalue weighted by Crippen LogP contribution is -2.34. The molecule has 0 radical (unpaired) electrons. The van der Waals surface area contributed by atoms with Gasteiger partial charge in [0.25, 0.3) is 0 Å². The van der Waals surface area contributed by atoms with Crippen LogP contribution in [0, 0.1) is 12.7 Å². The van der Waals surface area contributed by atoms with E-state index >= 15 is 0 Å². The number of hydrogen-bond acceptors (Lipinski definition) is 3. The van der Waals surface area contributed by atoms with Gasteiger partial charge in [-0.1, -0.05) is 30.3 Å². The lowest BCUT2D eigenvalue weighted by atomic mass is 10.1. The highest BCUT2D eigenvalue weighted by Crippen LogP contribution is 2.32. The fourth-order valence-corrected chi connectivity index (χ4v) is 3.60. The first-order valence-corrected chi connectivity index (χ1v) is 8.73. The minimum absolute atomic E-state index is 0.241. The average Bonchev–Trinajstić information content (AvgIpc) is 3.08. The smallest absolute Gasteiger partial charge is 0.165 e. The van der Waals surface area contributed by atoms with E-state index in [1.165, 1.54) is 11.8 Å². The number of hydrogen-bond donors (Lipinski definition) is 0. The van der Waals surface area contributed by atoms with Crippen LogP contribution in [0.1, 0.15) is 18.5 Å². The van der Waals surface area contributed by atoms with Crippen LogP contribution in [0.4, 0.5) is 10.1 Å². The van der Waals surface area contributed by atoms with Crippen molar-refractivity contribution in [3.8, 4) is 5.75 Å². The van der Waals surface area contributed by atoms with Gasteiger partial charge in [0.2, 0.25) is 0 Å². The third-order valence-corrected chi connectivity index (χ3v) is 4.78. The topological polar surface area (TPSA) is 25.4 Å². The Morgan fingerprint density at radius 1 is 1.16 bits per heavy atom. The molecule has 2 aromatic carbocycles. The molecule has 4 heteroatoms. The Bertz CT molecular complexity index is 896. The standard InChI is InChI=1S/C21H21FN2O/c1-15-13-20(17-8-2-4-10-19(17)23-15)24-12-6-7-16(24)14-25-21-11-5-3-9-18(21)22/h2-5,8-11,13,16H,6-7,12,14H2,1H3. The van der Waals surface area contributed by atoms with Gasteiger partial charge in [0.05, 0.1) is 11.6 Å². The number of para-hydroxylation sites is 2. The van der Waals surface area contributed by atoms with Crippen LogP contribution < -0.4 is 9.64 Å². The Morgan fingerprint density at radius 2 is 1.96 bits per heavy atom. The van der Waals surface area contributed by atoms with Gasteiger partial charge in [-0.15, -0.1) is 0 Å². The number of nitrogens with zero attached hydrogens (tertiary/aromatic N) is 2. The van der Waals surface area contributed by atoms with E-state index in [9.17, 15) is 4.39 Å². The van der Waals surface area contributed by atoms with Crippen LogP contribution in [-0.4, -0.2) is 24.2 Å². The van der Waals surface area contributed by atoms with Crippen LogP contribution in [0.3, 0.4) is 0 Å².